The van der Waals surface area contributed by atoms with Crippen LogP contribution in [0.25, 0.3) is 0 Å². The number of anilines is 1. The third-order valence-electron chi connectivity index (χ3n) is 2.21. The molecule has 2 rings (SSSR count). The molecule has 1 aromatic heterocycles. The Morgan fingerprint density at radius 1 is 1.41 bits per heavy atom. The molecule has 0 aliphatic rings. The van der Waals surface area contributed by atoms with E-state index in [4.69, 9.17) is 0 Å². The number of aromatic nitrogens is 1. The molecule has 0 bridgehead atoms. The monoisotopic (exact) mass is 231 g/mol. The number of aryl methyl sites for hydroxylation is 1. The number of hydrogen-bond donors (Lipinski definition) is 2. The Morgan fingerprint density at radius 2 is 2.29 bits per heavy atom. The Bertz CT molecular complexity index is 494. The van der Waals surface area contributed by atoms with Crippen molar-refractivity contribution in [3.63, 3.8) is 0 Å². The van der Waals surface area contributed by atoms with Gasteiger partial charge >= 0.3 is 6.03 Å². The number of nitrogens with one attached hydrogen (secondary N) is 2. The van der Waals surface area contributed by atoms with Gasteiger partial charge in [-0.25, -0.2) is 4.79 Å². The van der Waals surface area contributed by atoms with Crippen molar-refractivity contribution >= 4 is 11.8 Å². The number of urea groups is 1. The number of benzene rings is 1. The third-order valence-corrected chi connectivity index (χ3v) is 2.21. The summed E-state index contributed by atoms with van der Waals surface area (Å²) in [6, 6.07) is 9.23. The van der Waals surface area contributed by atoms with Gasteiger partial charge in [0.15, 0.2) is 5.82 Å². The van der Waals surface area contributed by atoms with Gasteiger partial charge in [-0.2, -0.15) is 0 Å². The molecular formula is C12H13N3O2. The summed E-state index contributed by atoms with van der Waals surface area (Å²) in [5, 5.41) is 8.86. The number of hydrogen-bond acceptors (Lipinski definition) is 3. The summed E-state index contributed by atoms with van der Waals surface area (Å²) in [5.74, 6) is 0.395. The fourth-order valence-corrected chi connectivity index (χ4v) is 1.44. The number of carbonyl (C=O) groups excluding carboxylic acids is 1. The zero-order chi connectivity index (χ0) is 12.1. The van der Waals surface area contributed by atoms with E-state index < -0.39 is 0 Å². The second kappa shape index (κ2) is 5.16. The maximum atomic E-state index is 11.5. The van der Waals surface area contributed by atoms with Crippen LogP contribution in [0.5, 0.6) is 0 Å². The Hall–Kier alpha value is -2.30. The van der Waals surface area contributed by atoms with Crippen molar-refractivity contribution in [2.24, 2.45) is 0 Å². The molecule has 0 fully saturated rings. The van der Waals surface area contributed by atoms with Gasteiger partial charge in [0.2, 0.25) is 0 Å². The van der Waals surface area contributed by atoms with Crippen molar-refractivity contribution < 1.29 is 9.32 Å². The van der Waals surface area contributed by atoms with E-state index in [1.807, 2.05) is 31.2 Å². The van der Waals surface area contributed by atoms with E-state index in [0.717, 1.165) is 5.56 Å². The average molecular weight is 231 g/mol. The van der Waals surface area contributed by atoms with Crippen LogP contribution in [0.15, 0.2) is 41.1 Å². The van der Waals surface area contributed by atoms with Gasteiger partial charge in [0, 0.05) is 12.6 Å². The predicted molar refractivity (Wildman–Crippen MR) is 63.5 cm³/mol. The minimum Gasteiger partial charge on any atom is -0.363 e. The first-order valence-corrected chi connectivity index (χ1v) is 5.25. The molecule has 88 valence electrons. The summed E-state index contributed by atoms with van der Waals surface area (Å²) in [4.78, 5) is 11.5. The van der Waals surface area contributed by atoms with Gasteiger partial charge in [-0.1, -0.05) is 35.0 Å². The quantitative estimate of drug-likeness (QED) is 0.851. The average Bonchev–Trinajstić information content (AvgIpc) is 2.79. The lowest BCUT2D eigenvalue weighted by Gasteiger charge is -2.05. The molecule has 0 atom stereocenters. The van der Waals surface area contributed by atoms with E-state index in [1.165, 1.54) is 11.8 Å². The van der Waals surface area contributed by atoms with Crippen molar-refractivity contribution in [3.8, 4) is 0 Å². The van der Waals surface area contributed by atoms with E-state index in [0.29, 0.717) is 12.4 Å². The SMILES string of the molecule is Cc1cccc(CNC(=O)Nc2ccon2)c1. The number of amides is 2. The summed E-state index contributed by atoms with van der Waals surface area (Å²) in [5.41, 5.74) is 2.22. The van der Waals surface area contributed by atoms with Crippen molar-refractivity contribution in [2.75, 3.05) is 5.32 Å². The first-order chi connectivity index (χ1) is 8.24. The van der Waals surface area contributed by atoms with Crippen LogP contribution in [0.3, 0.4) is 0 Å². The Morgan fingerprint density at radius 3 is 3.00 bits per heavy atom. The highest BCUT2D eigenvalue weighted by molar-refractivity contribution is 5.87. The number of rotatable bonds is 3. The maximum Gasteiger partial charge on any atom is 0.320 e. The second-order valence-electron chi connectivity index (χ2n) is 3.68. The number of nitrogens with zero attached hydrogens (tertiary/aromatic N) is 1. The molecule has 0 radical (unpaired) electrons. The van der Waals surface area contributed by atoms with E-state index in [1.54, 1.807) is 6.07 Å². The highest BCUT2D eigenvalue weighted by Gasteiger charge is 2.03. The van der Waals surface area contributed by atoms with Gasteiger partial charge in [-0.15, -0.1) is 0 Å². The van der Waals surface area contributed by atoms with E-state index in [9.17, 15) is 4.79 Å². The molecule has 5 heteroatoms. The van der Waals surface area contributed by atoms with Crippen molar-refractivity contribution in [1.82, 2.24) is 10.5 Å². The summed E-state index contributed by atoms with van der Waals surface area (Å²) < 4.78 is 4.60. The van der Waals surface area contributed by atoms with E-state index in [-0.39, 0.29) is 6.03 Å². The number of carbonyl (C=O) groups is 1. The molecule has 1 heterocycles. The fourth-order valence-electron chi connectivity index (χ4n) is 1.44. The summed E-state index contributed by atoms with van der Waals surface area (Å²) in [6.07, 6.45) is 1.40. The summed E-state index contributed by atoms with van der Waals surface area (Å²) in [7, 11) is 0. The first-order valence-electron chi connectivity index (χ1n) is 5.25. The van der Waals surface area contributed by atoms with Gasteiger partial charge in [0.05, 0.1) is 0 Å². The molecule has 2 amide bonds. The van der Waals surface area contributed by atoms with Crippen LogP contribution < -0.4 is 10.6 Å². The normalized spacial score (nSPS) is 9.94. The third kappa shape index (κ3) is 3.34. The minimum absolute atomic E-state index is 0.305. The molecule has 17 heavy (non-hydrogen) atoms. The van der Waals surface area contributed by atoms with Crippen molar-refractivity contribution in [2.45, 2.75) is 13.5 Å². The van der Waals surface area contributed by atoms with Gasteiger partial charge in [-0.05, 0) is 12.5 Å². The first kappa shape index (κ1) is 11.2. The van der Waals surface area contributed by atoms with Gasteiger partial charge in [-0.3, -0.25) is 5.32 Å². The lowest BCUT2D eigenvalue weighted by molar-refractivity contribution is 0.251. The van der Waals surface area contributed by atoms with E-state index >= 15 is 0 Å². The van der Waals surface area contributed by atoms with Crippen molar-refractivity contribution in [1.29, 1.82) is 0 Å². The van der Waals surface area contributed by atoms with Crippen LogP contribution in [-0.2, 0) is 6.54 Å². The molecule has 2 aromatic rings. The zero-order valence-corrected chi connectivity index (χ0v) is 9.43. The Balaban J connectivity index is 1.84. The van der Waals surface area contributed by atoms with Crippen molar-refractivity contribution in [3.05, 3.63) is 47.7 Å². The summed E-state index contributed by atoms with van der Waals surface area (Å²) >= 11 is 0. The highest BCUT2D eigenvalue weighted by Crippen LogP contribution is 2.04. The lowest BCUT2D eigenvalue weighted by Crippen LogP contribution is -2.28. The van der Waals surface area contributed by atoms with Crippen LogP contribution in [0.4, 0.5) is 10.6 Å². The van der Waals surface area contributed by atoms with Crippen LogP contribution in [0, 0.1) is 6.92 Å². The zero-order valence-electron chi connectivity index (χ0n) is 9.43. The molecule has 2 N–H and O–H groups in total. The molecule has 0 saturated heterocycles. The molecule has 0 saturated carbocycles. The minimum atomic E-state index is -0.305. The smallest absolute Gasteiger partial charge is 0.320 e. The van der Waals surface area contributed by atoms with Gasteiger partial charge in [0.1, 0.15) is 6.26 Å². The lowest BCUT2D eigenvalue weighted by atomic mass is 10.1. The Kier molecular flexibility index (Phi) is 3.40. The second-order valence-corrected chi connectivity index (χ2v) is 3.68. The predicted octanol–water partition coefficient (Wildman–Crippen LogP) is 2.30. The van der Waals surface area contributed by atoms with Gasteiger partial charge < -0.3 is 9.84 Å². The molecule has 1 aromatic carbocycles. The molecule has 0 spiro atoms. The standard InChI is InChI=1S/C12H13N3O2/c1-9-3-2-4-10(7-9)8-13-12(16)14-11-5-6-17-15-11/h2-7H,8H2,1H3,(H2,13,14,15,16). The topological polar surface area (TPSA) is 67.2 Å². The summed E-state index contributed by atoms with van der Waals surface area (Å²) in [6.45, 7) is 2.49. The molecular weight excluding hydrogens is 218 g/mol. The van der Waals surface area contributed by atoms with Crippen LogP contribution in [0.1, 0.15) is 11.1 Å². The highest BCUT2D eigenvalue weighted by atomic mass is 16.5. The molecule has 5 nitrogen and oxygen atoms in total. The van der Waals surface area contributed by atoms with Gasteiger partial charge in [0.25, 0.3) is 0 Å². The Labute approximate surface area is 98.8 Å². The molecule has 0 unspecified atom stereocenters. The molecule has 0 aliphatic carbocycles. The fraction of sp³-hybridized carbons (Fsp3) is 0.167. The van der Waals surface area contributed by atoms with Crippen LogP contribution in [-0.4, -0.2) is 11.2 Å². The van der Waals surface area contributed by atoms with Crippen LogP contribution in [0.2, 0.25) is 0 Å². The largest absolute Gasteiger partial charge is 0.363 e. The molecule has 0 aliphatic heterocycles. The maximum absolute atomic E-state index is 11.5. The van der Waals surface area contributed by atoms with E-state index in [2.05, 4.69) is 20.3 Å². The van der Waals surface area contributed by atoms with Crippen LogP contribution >= 0.6 is 0 Å².